The highest BCUT2D eigenvalue weighted by atomic mass is 19.1. The van der Waals surface area contributed by atoms with Gasteiger partial charge in [0.25, 0.3) is 0 Å². The molecule has 21 heavy (non-hydrogen) atoms. The number of nitrogens with one attached hydrogen (secondary N) is 1. The van der Waals surface area contributed by atoms with Gasteiger partial charge < -0.3 is 10.4 Å². The molecule has 0 aliphatic carbocycles. The van der Waals surface area contributed by atoms with Crippen LogP contribution in [0.15, 0.2) is 24.8 Å². The van der Waals surface area contributed by atoms with E-state index in [1.54, 1.807) is 6.07 Å². The van der Waals surface area contributed by atoms with Crippen LogP contribution in [0.3, 0.4) is 0 Å². The van der Waals surface area contributed by atoms with Crippen molar-refractivity contribution in [2.45, 2.75) is 18.9 Å². The Kier molecular flexibility index (Phi) is 5.32. The number of hydrogen-bond acceptors (Lipinski definition) is 4. The summed E-state index contributed by atoms with van der Waals surface area (Å²) >= 11 is 0. The maximum Gasteiger partial charge on any atom is 0.166 e. The smallest absolute Gasteiger partial charge is 0.166 e. The lowest BCUT2D eigenvalue weighted by Gasteiger charge is -2.35. The van der Waals surface area contributed by atoms with Crippen molar-refractivity contribution in [2.24, 2.45) is 0 Å². The van der Waals surface area contributed by atoms with E-state index in [0.717, 1.165) is 45.1 Å². The van der Waals surface area contributed by atoms with Gasteiger partial charge in [0.05, 0.1) is 11.6 Å². The van der Waals surface area contributed by atoms with Crippen LogP contribution in [0, 0.1) is 17.1 Å². The average Bonchev–Trinajstić information content (AvgIpc) is 2.52. The van der Waals surface area contributed by atoms with Gasteiger partial charge in [-0.2, -0.15) is 5.26 Å². The van der Waals surface area contributed by atoms with Crippen molar-refractivity contribution in [3.8, 4) is 11.8 Å². The molecule has 0 amide bonds. The van der Waals surface area contributed by atoms with E-state index in [2.05, 4.69) is 16.8 Å². The van der Waals surface area contributed by atoms with Crippen LogP contribution in [-0.4, -0.2) is 36.2 Å². The van der Waals surface area contributed by atoms with Gasteiger partial charge in [0.15, 0.2) is 11.6 Å². The van der Waals surface area contributed by atoms with Crippen LogP contribution in [0.5, 0.6) is 5.75 Å². The second-order valence-corrected chi connectivity index (χ2v) is 5.18. The van der Waals surface area contributed by atoms with Crippen LogP contribution in [0.4, 0.5) is 4.39 Å². The molecular weight excluding hydrogens is 269 g/mol. The highest BCUT2D eigenvalue weighted by molar-refractivity contribution is 5.44. The summed E-state index contributed by atoms with van der Waals surface area (Å²) in [5.41, 5.74) is 0.731. The Balaban J connectivity index is 2.37. The number of rotatable bonds is 5. The number of piperazine rings is 1. The molecule has 1 aliphatic heterocycles. The third-order valence-electron chi connectivity index (χ3n) is 3.82. The molecule has 1 heterocycles. The minimum atomic E-state index is -0.734. The van der Waals surface area contributed by atoms with Crippen LogP contribution in [0.25, 0.3) is 0 Å². The summed E-state index contributed by atoms with van der Waals surface area (Å²) in [6.07, 6.45) is 3.33. The fourth-order valence-corrected chi connectivity index (χ4v) is 2.74. The van der Waals surface area contributed by atoms with Crippen LogP contribution in [0.1, 0.15) is 30.0 Å². The SMILES string of the molecule is C=CCC[C@H](c1cc(C#N)cc(F)c1O)N1CCNCC1. The first-order valence-electron chi connectivity index (χ1n) is 7.15. The number of nitriles is 1. The largest absolute Gasteiger partial charge is 0.505 e. The predicted molar refractivity (Wildman–Crippen MR) is 79.4 cm³/mol. The van der Waals surface area contributed by atoms with Gasteiger partial charge in [-0.3, -0.25) is 4.90 Å². The lowest BCUT2D eigenvalue weighted by atomic mass is 9.96. The van der Waals surface area contributed by atoms with E-state index in [1.807, 2.05) is 12.1 Å². The van der Waals surface area contributed by atoms with Crippen molar-refractivity contribution in [3.05, 3.63) is 41.7 Å². The first kappa shape index (κ1) is 15.5. The molecule has 2 rings (SSSR count). The molecule has 1 saturated heterocycles. The van der Waals surface area contributed by atoms with E-state index >= 15 is 0 Å². The number of hydrogen-bond donors (Lipinski definition) is 2. The van der Waals surface area contributed by atoms with Crippen LogP contribution in [0.2, 0.25) is 0 Å². The van der Waals surface area contributed by atoms with E-state index < -0.39 is 5.82 Å². The zero-order valence-electron chi connectivity index (χ0n) is 12.0. The molecule has 0 radical (unpaired) electrons. The van der Waals surface area contributed by atoms with E-state index in [-0.39, 0.29) is 17.4 Å². The quantitative estimate of drug-likeness (QED) is 0.817. The van der Waals surface area contributed by atoms with Crippen LogP contribution in [-0.2, 0) is 0 Å². The number of phenolic OH excluding ortho intramolecular Hbond substituents is 1. The van der Waals surface area contributed by atoms with Crippen molar-refractivity contribution < 1.29 is 9.50 Å². The molecule has 0 unspecified atom stereocenters. The standard InChI is InChI=1S/C16H20FN3O/c1-2-3-4-15(20-7-5-19-6-8-20)13-9-12(11-18)10-14(17)16(13)21/h2,9-10,15,19,21H,1,3-8H2/t15-/m1/s1. The van der Waals surface area contributed by atoms with Gasteiger partial charge >= 0.3 is 0 Å². The lowest BCUT2D eigenvalue weighted by molar-refractivity contribution is 0.163. The third-order valence-corrected chi connectivity index (χ3v) is 3.82. The topological polar surface area (TPSA) is 59.3 Å². The normalized spacial score (nSPS) is 17.1. The molecule has 5 heteroatoms. The molecule has 4 nitrogen and oxygen atoms in total. The van der Waals surface area contributed by atoms with Gasteiger partial charge in [0.1, 0.15) is 0 Å². The first-order valence-corrected chi connectivity index (χ1v) is 7.15. The summed E-state index contributed by atoms with van der Waals surface area (Å²) in [5, 5.41) is 22.3. The number of phenols is 1. The predicted octanol–water partition coefficient (Wildman–Crippen LogP) is 2.32. The monoisotopic (exact) mass is 289 g/mol. The Morgan fingerprint density at radius 3 is 2.81 bits per heavy atom. The average molecular weight is 289 g/mol. The number of nitrogens with zero attached hydrogens (tertiary/aromatic N) is 2. The fraction of sp³-hybridized carbons (Fsp3) is 0.438. The maximum atomic E-state index is 13.8. The van der Waals surface area contributed by atoms with Crippen molar-refractivity contribution in [2.75, 3.05) is 26.2 Å². The van der Waals surface area contributed by atoms with E-state index in [1.165, 1.54) is 0 Å². The van der Waals surface area contributed by atoms with Gasteiger partial charge in [-0.05, 0) is 25.0 Å². The molecular formula is C16H20FN3O. The highest BCUT2D eigenvalue weighted by Gasteiger charge is 2.25. The molecule has 1 aliphatic rings. The van der Waals surface area contributed by atoms with Gasteiger partial charge in [0.2, 0.25) is 0 Å². The van der Waals surface area contributed by atoms with Crippen LogP contribution < -0.4 is 5.32 Å². The molecule has 1 aromatic rings. The molecule has 1 aromatic carbocycles. The molecule has 0 aromatic heterocycles. The molecule has 0 bridgehead atoms. The fourth-order valence-electron chi connectivity index (χ4n) is 2.74. The Labute approximate surface area is 124 Å². The van der Waals surface area contributed by atoms with Crippen molar-refractivity contribution in [1.82, 2.24) is 10.2 Å². The van der Waals surface area contributed by atoms with Gasteiger partial charge in [0, 0.05) is 37.8 Å². The highest BCUT2D eigenvalue weighted by Crippen LogP contribution is 2.35. The van der Waals surface area contributed by atoms with E-state index in [4.69, 9.17) is 5.26 Å². The molecule has 112 valence electrons. The molecule has 2 N–H and O–H groups in total. The Bertz CT molecular complexity index is 547. The minimum absolute atomic E-state index is 0.104. The van der Waals surface area contributed by atoms with Gasteiger partial charge in [-0.1, -0.05) is 6.08 Å². The molecule has 0 saturated carbocycles. The molecule has 1 fully saturated rings. The van der Waals surface area contributed by atoms with E-state index in [9.17, 15) is 9.50 Å². The first-order chi connectivity index (χ1) is 10.2. The summed E-state index contributed by atoms with van der Waals surface area (Å²) in [6.45, 7) is 7.13. The zero-order valence-corrected chi connectivity index (χ0v) is 12.0. The Morgan fingerprint density at radius 1 is 1.48 bits per heavy atom. The Hall–Kier alpha value is -1.90. The van der Waals surface area contributed by atoms with Crippen LogP contribution >= 0.6 is 0 Å². The summed E-state index contributed by atoms with van der Waals surface area (Å²) < 4.78 is 13.8. The number of aromatic hydroxyl groups is 1. The summed E-state index contributed by atoms with van der Waals surface area (Å²) in [5.74, 6) is -1.08. The lowest BCUT2D eigenvalue weighted by Crippen LogP contribution is -2.45. The maximum absolute atomic E-state index is 13.8. The van der Waals surface area contributed by atoms with E-state index in [0.29, 0.717) is 5.56 Å². The Morgan fingerprint density at radius 2 is 2.19 bits per heavy atom. The second-order valence-electron chi connectivity index (χ2n) is 5.18. The van der Waals surface area contributed by atoms with Gasteiger partial charge in [-0.25, -0.2) is 4.39 Å². The minimum Gasteiger partial charge on any atom is -0.505 e. The summed E-state index contributed by atoms with van der Waals surface area (Å²) in [6, 6.07) is 4.51. The van der Waals surface area contributed by atoms with Crippen molar-refractivity contribution >= 4 is 0 Å². The zero-order chi connectivity index (χ0) is 15.2. The number of benzene rings is 1. The van der Waals surface area contributed by atoms with Crippen molar-refractivity contribution in [3.63, 3.8) is 0 Å². The summed E-state index contributed by atoms with van der Waals surface area (Å²) in [4.78, 5) is 2.22. The summed E-state index contributed by atoms with van der Waals surface area (Å²) in [7, 11) is 0. The number of halogens is 1. The van der Waals surface area contributed by atoms with Crippen molar-refractivity contribution in [1.29, 1.82) is 5.26 Å². The molecule has 0 spiro atoms. The van der Waals surface area contributed by atoms with Gasteiger partial charge in [-0.15, -0.1) is 6.58 Å². The molecule has 1 atom stereocenters. The second kappa shape index (κ2) is 7.21. The number of allylic oxidation sites excluding steroid dienone is 1. The third kappa shape index (κ3) is 3.60.